The zero-order chi connectivity index (χ0) is 12.1. The van der Waals surface area contributed by atoms with Crippen LogP contribution in [0.25, 0.3) is 0 Å². The van der Waals surface area contributed by atoms with Gasteiger partial charge in [0, 0.05) is 6.42 Å². The largest absolute Gasteiger partial charge is 0.497 e. The molecule has 0 aromatic heterocycles. The summed E-state index contributed by atoms with van der Waals surface area (Å²) in [5.41, 5.74) is 1.02. The van der Waals surface area contributed by atoms with Crippen molar-refractivity contribution in [1.29, 1.82) is 0 Å². The lowest BCUT2D eigenvalue weighted by Gasteiger charge is -2.25. The SMILES string of the molecule is COc1cccc(CC(F)C2CCNCC2)c1. The third-order valence-corrected chi connectivity index (χ3v) is 3.46. The van der Waals surface area contributed by atoms with Crippen LogP contribution in [0.5, 0.6) is 5.75 Å². The molecule has 2 nitrogen and oxygen atoms in total. The van der Waals surface area contributed by atoms with Crippen molar-refractivity contribution in [2.24, 2.45) is 5.92 Å². The molecule has 1 heterocycles. The van der Waals surface area contributed by atoms with Crippen LogP contribution < -0.4 is 10.1 Å². The molecule has 1 fully saturated rings. The number of hydrogen-bond donors (Lipinski definition) is 1. The molecule has 1 atom stereocenters. The van der Waals surface area contributed by atoms with Gasteiger partial charge in [-0.1, -0.05) is 12.1 Å². The molecule has 1 unspecified atom stereocenters. The number of rotatable bonds is 4. The molecule has 0 spiro atoms. The van der Waals surface area contributed by atoms with Crippen LogP contribution in [0.1, 0.15) is 18.4 Å². The van der Waals surface area contributed by atoms with E-state index >= 15 is 0 Å². The Kier molecular flexibility index (Phi) is 4.37. The first kappa shape index (κ1) is 12.4. The first-order valence-electron chi connectivity index (χ1n) is 6.27. The molecule has 94 valence electrons. The Morgan fingerprint density at radius 1 is 1.41 bits per heavy atom. The van der Waals surface area contributed by atoms with E-state index < -0.39 is 6.17 Å². The molecule has 0 amide bonds. The smallest absolute Gasteiger partial charge is 0.119 e. The molecule has 1 aromatic carbocycles. The average Bonchev–Trinajstić information content (AvgIpc) is 2.40. The van der Waals surface area contributed by atoms with E-state index in [9.17, 15) is 4.39 Å². The number of methoxy groups -OCH3 is 1. The predicted molar refractivity (Wildman–Crippen MR) is 67.2 cm³/mol. The molecule has 0 bridgehead atoms. The van der Waals surface area contributed by atoms with E-state index in [1.54, 1.807) is 7.11 Å². The summed E-state index contributed by atoms with van der Waals surface area (Å²) >= 11 is 0. The summed E-state index contributed by atoms with van der Waals surface area (Å²) in [6.45, 7) is 1.90. The summed E-state index contributed by atoms with van der Waals surface area (Å²) < 4.78 is 19.3. The Bertz CT molecular complexity index is 350. The summed E-state index contributed by atoms with van der Waals surface area (Å²) in [6.07, 6.45) is 1.67. The summed E-state index contributed by atoms with van der Waals surface area (Å²) in [7, 11) is 1.64. The first-order valence-corrected chi connectivity index (χ1v) is 6.27. The summed E-state index contributed by atoms with van der Waals surface area (Å²) in [6, 6.07) is 7.70. The third kappa shape index (κ3) is 3.43. The maximum absolute atomic E-state index is 14.1. The maximum atomic E-state index is 14.1. The lowest BCUT2D eigenvalue weighted by molar-refractivity contribution is 0.187. The van der Waals surface area contributed by atoms with E-state index in [1.807, 2.05) is 24.3 Å². The van der Waals surface area contributed by atoms with Crippen molar-refractivity contribution in [1.82, 2.24) is 5.32 Å². The van der Waals surface area contributed by atoms with Crippen LogP contribution in [0, 0.1) is 5.92 Å². The van der Waals surface area contributed by atoms with Gasteiger partial charge >= 0.3 is 0 Å². The number of halogens is 1. The monoisotopic (exact) mass is 237 g/mol. The number of piperidine rings is 1. The van der Waals surface area contributed by atoms with Crippen LogP contribution in [-0.4, -0.2) is 26.4 Å². The fourth-order valence-corrected chi connectivity index (χ4v) is 2.40. The molecule has 2 rings (SSSR count). The molecule has 1 saturated heterocycles. The Morgan fingerprint density at radius 3 is 2.88 bits per heavy atom. The highest BCUT2D eigenvalue weighted by atomic mass is 19.1. The highest BCUT2D eigenvalue weighted by molar-refractivity contribution is 5.28. The Balaban J connectivity index is 1.94. The Labute approximate surface area is 102 Å². The van der Waals surface area contributed by atoms with Crippen LogP contribution in [0.4, 0.5) is 4.39 Å². The van der Waals surface area contributed by atoms with Gasteiger partial charge in [0.25, 0.3) is 0 Å². The zero-order valence-corrected chi connectivity index (χ0v) is 10.3. The minimum absolute atomic E-state index is 0.211. The van der Waals surface area contributed by atoms with Crippen LogP contribution in [0.2, 0.25) is 0 Å². The molecule has 1 aromatic rings. The van der Waals surface area contributed by atoms with Gasteiger partial charge in [-0.05, 0) is 49.5 Å². The molecule has 17 heavy (non-hydrogen) atoms. The van der Waals surface area contributed by atoms with Gasteiger partial charge in [-0.2, -0.15) is 0 Å². The maximum Gasteiger partial charge on any atom is 0.119 e. The molecule has 3 heteroatoms. The molecule has 1 aliphatic heterocycles. The average molecular weight is 237 g/mol. The van der Waals surface area contributed by atoms with Gasteiger partial charge in [0.05, 0.1) is 7.11 Å². The van der Waals surface area contributed by atoms with Gasteiger partial charge in [-0.3, -0.25) is 0 Å². The molecular formula is C14H20FNO. The summed E-state index contributed by atoms with van der Waals surface area (Å²) in [5.74, 6) is 1.02. The molecule has 1 aliphatic rings. The van der Waals surface area contributed by atoms with E-state index in [1.165, 1.54) is 0 Å². The zero-order valence-electron chi connectivity index (χ0n) is 10.3. The predicted octanol–water partition coefficient (Wildman–Crippen LogP) is 2.58. The van der Waals surface area contributed by atoms with E-state index in [-0.39, 0.29) is 5.92 Å². The fourth-order valence-electron chi connectivity index (χ4n) is 2.40. The van der Waals surface area contributed by atoms with Crippen LogP contribution in [0.3, 0.4) is 0 Å². The summed E-state index contributed by atoms with van der Waals surface area (Å²) in [4.78, 5) is 0. The number of ether oxygens (including phenoxy) is 1. The molecule has 0 radical (unpaired) electrons. The van der Waals surface area contributed by atoms with E-state index in [0.717, 1.165) is 37.2 Å². The third-order valence-electron chi connectivity index (χ3n) is 3.46. The minimum Gasteiger partial charge on any atom is -0.497 e. The van der Waals surface area contributed by atoms with Crippen molar-refractivity contribution < 1.29 is 9.13 Å². The van der Waals surface area contributed by atoms with Crippen molar-refractivity contribution in [2.75, 3.05) is 20.2 Å². The first-order chi connectivity index (χ1) is 8.29. The van der Waals surface area contributed by atoms with E-state index in [4.69, 9.17) is 4.74 Å². The molecule has 0 aliphatic carbocycles. The van der Waals surface area contributed by atoms with Crippen LogP contribution in [0.15, 0.2) is 24.3 Å². The van der Waals surface area contributed by atoms with Gasteiger partial charge < -0.3 is 10.1 Å². The van der Waals surface area contributed by atoms with E-state index in [0.29, 0.717) is 6.42 Å². The van der Waals surface area contributed by atoms with Gasteiger partial charge in [-0.15, -0.1) is 0 Å². The van der Waals surface area contributed by atoms with Crippen molar-refractivity contribution in [2.45, 2.75) is 25.4 Å². The second kappa shape index (κ2) is 6.01. The number of benzene rings is 1. The second-order valence-corrected chi connectivity index (χ2v) is 4.66. The molecule has 1 N–H and O–H groups in total. The molecule has 0 saturated carbocycles. The fraction of sp³-hybridized carbons (Fsp3) is 0.571. The standard InChI is InChI=1S/C14H20FNO/c1-17-13-4-2-3-11(9-13)10-14(15)12-5-7-16-8-6-12/h2-4,9,12,14,16H,5-8,10H2,1H3. The highest BCUT2D eigenvalue weighted by Crippen LogP contribution is 2.23. The van der Waals surface area contributed by atoms with Gasteiger partial charge in [0.2, 0.25) is 0 Å². The highest BCUT2D eigenvalue weighted by Gasteiger charge is 2.23. The van der Waals surface area contributed by atoms with Gasteiger partial charge in [0.1, 0.15) is 11.9 Å². The lowest BCUT2D eigenvalue weighted by Crippen LogP contribution is -2.33. The van der Waals surface area contributed by atoms with Crippen LogP contribution in [-0.2, 0) is 6.42 Å². The van der Waals surface area contributed by atoms with E-state index in [2.05, 4.69) is 5.32 Å². The van der Waals surface area contributed by atoms with Crippen LogP contribution >= 0.6 is 0 Å². The van der Waals surface area contributed by atoms with Crippen molar-refractivity contribution in [3.63, 3.8) is 0 Å². The molecular weight excluding hydrogens is 217 g/mol. The quantitative estimate of drug-likeness (QED) is 0.869. The van der Waals surface area contributed by atoms with Gasteiger partial charge in [-0.25, -0.2) is 4.39 Å². The second-order valence-electron chi connectivity index (χ2n) is 4.66. The van der Waals surface area contributed by atoms with Crippen molar-refractivity contribution in [3.05, 3.63) is 29.8 Å². The van der Waals surface area contributed by atoms with Crippen molar-refractivity contribution in [3.8, 4) is 5.75 Å². The minimum atomic E-state index is -0.732. The number of nitrogens with one attached hydrogen (secondary N) is 1. The number of hydrogen-bond acceptors (Lipinski definition) is 2. The Morgan fingerprint density at radius 2 is 2.18 bits per heavy atom. The summed E-state index contributed by atoms with van der Waals surface area (Å²) in [5, 5.41) is 3.27. The Hall–Kier alpha value is -1.09. The van der Waals surface area contributed by atoms with Gasteiger partial charge in [0.15, 0.2) is 0 Å². The van der Waals surface area contributed by atoms with Crippen molar-refractivity contribution >= 4 is 0 Å². The topological polar surface area (TPSA) is 21.3 Å². The normalized spacial score (nSPS) is 18.9. The number of alkyl halides is 1. The lowest BCUT2D eigenvalue weighted by atomic mass is 9.89.